The van der Waals surface area contributed by atoms with Gasteiger partial charge in [-0.05, 0) is 51.2 Å². The van der Waals surface area contributed by atoms with E-state index in [1.54, 1.807) is 24.3 Å². The highest BCUT2D eigenvalue weighted by Gasteiger charge is 2.43. The van der Waals surface area contributed by atoms with Gasteiger partial charge in [-0.1, -0.05) is 31.5 Å². The van der Waals surface area contributed by atoms with Crippen molar-refractivity contribution in [2.24, 2.45) is 5.10 Å². The molecule has 1 N–H and O–H groups in total. The smallest absolute Gasteiger partial charge is 0.276 e. The number of hydrazone groups is 1. The molecule has 1 aromatic rings. The first kappa shape index (κ1) is 22.0. The van der Waals surface area contributed by atoms with Crippen LogP contribution in [0.1, 0.15) is 70.8 Å². The molecule has 1 aromatic carbocycles. The van der Waals surface area contributed by atoms with E-state index in [2.05, 4.69) is 14.8 Å². The van der Waals surface area contributed by atoms with Crippen molar-refractivity contribution in [2.75, 3.05) is 0 Å². The second kappa shape index (κ2) is 9.39. The lowest BCUT2D eigenvalue weighted by Gasteiger charge is -2.30. The molecule has 0 spiro atoms. The highest BCUT2D eigenvalue weighted by Crippen LogP contribution is 2.39. The summed E-state index contributed by atoms with van der Waals surface area (Å²) in [6.07, 6.45) is 7.19. The van der Waals surface area contributed by atoms with Gasteiger partial charge in [0.25, 0.3) is 10.0 Å². The van der Waals surface area contributed by atoms with E-state index < -0.39 is 10.0 Å². The number of hydrogen-bond donors (Lipinski definition) is 1. The molecule has 29 heavy (non-hydrogen) atoms. The van der Waals surface area contributed by atoms with E-state index in [0.717, 1.165) is 43.4 Å². The lowest BCUT2D eigenvalue weighted by Crippen LogP contribution is -2.40. The van der Waals surface area contributed by atoms with E-state index in [1.165, 1.54) is 0 Å². The Morgan fingerprint density at radius 3 is 2.24 bits per heavy atom. The van der Waals surface area contributed by atoms with Crippen LogP contribution in [0.2, 0.25) is 0 Å². The van der Waals surface area contributed by atoms with Crippen molar-refractivity contribution in [1.29, 1.82) is 0 Å². The fraction of sp³-hybridized carbons (Fsp3) is 0.636. The van der Waals surface area contributed by atoms with Crippen LogP contribution in [0.15, 0.2) is 34.3 Å². The molecule has 0 aliphatic carbocycles. The van der Waals surface area contributed by atoms with E-state index in [0.29, 0.717) is 43.2 Å². The molecule has 0 saturated carbocycles. The quantitative estimate of drug-likeness (QED) is 0.488. The van der Waals surface area contributed by atoms with Gasteiger partial charge in [0.2, 0.25) is 0 Å². The first-order valence-corrected chi connectivity index (χ1v) is 12.2. The Morgan fingerprint density at radius 2 is 1.66 bits per heavy atom. The maximum atomic E-state index is 12.5. The van der Waals surface area contributed by atoms with Gasteiger partial charge in [0.1, 0.15) is 5.78 Å². The maximum absolute atomic E-state index is 12.5. The summed E-state index contributed by atoms with van der Waals surface area (Å²) in [7, 11) is -3.66. The second-order valence-corrected chi connectivity index (χ2v) is 9.96. The summed E-state index contributed by atoms with van der Waals surface area (Å²) in [5.74, 6) is 0.330. The van der Waals surface area contributed by atoms with Gasteiger partial charge >= 0.3 is 0 Å². The van der Waals surface area contributed by atoms with Gasteiger partial charge in [-0.2, -0.15) is 13.5 Å². The number of nitrogens with zero attached hydrogens (tertiary/aromatic N) is 2. The third-order valence-corrected chi connectivity index (χ3v) is 7.55. The van der Waals surface area contributed by atoms with E-state index in [9.17, 15) is 13.2 Å². The van der Waals surface area contributed by atoms with Crippen LogP contribution in [0.3, 0.4) is 0 Å². The zero-order valence-electron chi connectivity index (χ0n) is 17.7. The Bertz CT molecular complexity index is 849. The topological polar surface area (TPSA) is 78.8 Å². The predicted octanol–water partition coefficient (Wildman–Crippen LogP) is 3.79. The molecule has 160 valence electrons. The van der Waals surface area contributed by atoms with Crippen LogP contribution in [0.5, 0.6) is 0 Å². The number of fused-ring (bicyclic) bond motifs is 1. The summed E-state index contributed by atoms with van der Waals surface area (Å²) < 4.78 is 25.0. The molecule has 0 bridgehead atoms. The Hall–Kier alpha value is -1.73. The summed E-state index contributed by atoms with van der Waals surface area (Å²) in [5, 5.41) is 4.28. The van der Waals surface area contributed by atoms with Crippen molar-refractivity contribution < 1.29 is 13.2 Å². The molecule has 0 amide bonds. The first-order chi connectivity index (χ1) is 13.8. The molecule has 0 aromatic heterocycles. The minimum atomic E-state index is -3.66. The Kier molecular flexibility index (Phi) is 7.11. The molecule has 7 heteroatoms. The van der Waals surface area contributed by atoms with Gasteiger partial charge in [-0.3, -0.25) is 9.69 Å². The number of carbonyl (C=O) groups is 1. The zero-order valence-corrected chi connectivity index (χ0v) is 18.5. The maximum Gasteiger partial charge on any atom is 0.276 e. The van der Waals surface area contributed by atoms with E-state index in [1.807, 2.05) is 20.8 Å². The largest absolute Gasteiger partial charge is 0.300 e. The molecule has 3 atom stereocenters. The Morgan fingerprint density at radius 1 is 1.03 bits per heavy atom. The minimum absolute atomic E-state index is 0.223. The number of benzene rings is 1. The van der Waals surface area contributed by atoms with E-state index in [-0.39, 0.29) is 4.90 Å². The molecular formula is C22H33N3O3S. The number of hydrogen-bond acceptors (Lipinski definition) is 5. The van der Waals surface area contributed by atoms with Crippen molar-refractivity contribution in [3.05, 3.63) is 29.8 Å². The molecule has 2 aliphatic rings. The third-order valence-electron chi connectivity index (χ3n) is 6.32. The van der Waals surface area contributed by atoms with Crippen molar-refractivity contribution in [3.63, 3.8) is 0 Å². The monoisotopic (exact) mass is 419 g/mol. The van der Waals surface area contributed by atoms with Crippen LogP contribution in [0.4, 0.5) is 0 Å². The predicted molar refractivity (Wildman–Crippen MR) is 115 cm³/mol. The lowest BCUT2D eigenvalue weighted by molar-refractivity contribution is -0.119. The second-order valence-electron chi connectivity index (χ2n) is 8.30. The number of ketones is 1. The number of aryl methyl sites for hydroxylation is 1. The molecule has 2 fully saturated rings. The summed E-state index contributed by atoms with van der Waals surface area (Å²) in [6, 6.07) is 8.00. The SMILES string of the molecule is CCC(=O)C[C@@H]1CC[C@H]2CC[C@H](C/C(CC)=N\NS(=O)(=O)c3ccc(C)cc3)N21. The molecule has 0 radical (unpaired) electrons. The van der Waals surface area contributed by atoms with E-state index in [4.69, 9.17) is 0 Å². The molecule has 3 rings (SSSR count). The minimum Gasteiger partial charge on any atom is -0.300 e. The highest BCUT2D eigenvalue weighted by molar-refractivity contribution is 7.89. The standard InChI is InChI=1S/C22H33N3O3S/c1-4-17(23-24-29(27,28)22-12-6-16(3)7-13-22)14-19-10-8-18-9-11-20(25(18)19)15-21(26)5-2/h6-7,12-13,18-20,24H,4-5,8-11,14-15H2,1-3H3/b23-17-/t18-,19-,20+/m1/s1. The third kappa shape index (κ3) is 5.25. The van der Waals surface area contributed by atoms with Crippen LogP contribution in [0.25, 0.3) is 0 Å². The molecule has 6 nitrogen and oxygen atoms in total. The van der Waals surface area contributed by atoms with Crippen molar-refractivity contribution >= 4 is 21.5 Å². The molecular weight excluding hydrogens is 386 g/mol. The summed E-state index contributed by atoms with van der Waals surface area (Å²) in [5.41, 5.74) is 1.87. The van der Waals surface area contributed by atoms with Crippen molar-refractivity contribution in [2.45, 2.75) is 95.2 Å². The number of nitrogens with one attached hydrogen (secondary N) is 1. The molecule has 2 heterocycles. The van der Waals surface area contributed by atoms with Crippen LogP contribution >= 0.6 is 0 Å². The highest BCUT2D eigenvalue weighted by atomic mass is 32.2. The zero-order chi connectivity index (χ0) is 21.0. The number of rotatable bonds is 9. The molecule has 2 saturated heterocycles. The Labute approximate surface area is 174 Å². The fourth-order valence-electron chi connectivity index (χ4n) is 4.66. The average molecular weight is 420 g/mol. The Balaban J connectivity index is 1.67. The van der Waals surface area contributed by atoms with Crippen LogP contribution in [-0.2, 0) is 14.8 Å². The summed E-state index contributed by atoms with van der Waals surface area (Å²) in [6.45, 7) is 5.86. The van der Waals surface area contributed by atoms with E-state index >= 15 is 0 Å². The number of sulfonamides is 1. The molecule has 2 aliphatic heterocycles. The number of carbonyl (C=O) groups excluding carboxylic acids is 1. The van der Waals surface area contributed by atoms with Crippen LogP contribution < -0.4 is 4.83 Å². The van der Waals surface area contributed by atoms with Gasteiger partial charge < -0.3 is 0 Å². The van der Waals surface area contributed by atoms with Crippen LogP contribution in [-0.4, -0.2) is 42.9 Å². The first-order valence-electron chi connectivity index (χ1n) is 10.8. The number of Topliss-reactive ketones (excluding diaryl/α,β-unsaturated/α-hetero) is 1. The fourth-order valence-corrected chi connectivity index (χ4v) is 5.51. The van der Waals surface area contributed by atoms with Gasteiger partial charge in [0.05, 0.1) is 4.90 Å². The summed E-state index contributed by atoms with van der Waals surface area (Å²) >= 11 is 0. The van der Waals surface area contributed by atoms with Crippen molar-refractivity contribution in [3.8, 4) is 0 Å². The van der Waals surface area contributed by atoms with Crippen molar-refractivity contribution in [1.82, 2.24) is 9.73 Å². The van der Waals surface area contributed by atoms with Gasteiger partial charge in [-0.15, -0.1) is 0 Å². The van der Waals surface area contributed by atoms with Gasteiger partial charge in [0.15, 0.2) is 0 Å². The molecule has 0 unspecified atom stereocenters. The normalized spacial score (nSPS) is 25.2. The lowest BCUT2D eigenvalue weighted by atomic mass is 10.00. The van der Waals surface area contributed by atoms with Crippen LogP contribution in [0, 0.1) is 6.92 Å². The van der Waals surface area contributed by atoms with Gasteiger partial charge in [0, 0.05) is 43.1 Å². The average Bonchev–Trinajstić information content (AvgIpc) is 3.28. The summed E-state index contributed by atoms with van der Waals surface area (Å²) in [4.78, 5) is 17.2. The van der Waals surface area contributed by atoms with Gasteiger partial charge in [-0.25, -0.2) is 4.83 Å².